The van der Waals surface area contributed by atoms with Crippen LogP contribution in [0.1, 0.15) is 24.4 Å². The molecular weight excluding hydrogens is 356 g/mol. The standard InChI is InChI=1S/C20H24N6O2/c1-13-11-18(22-14(2)21-13)26-9-7-16(8-10-26)23-20-24-19(25-28-20)15-5-4-6-17(12-15)27-3/h4-6,11-12,16H,7-10H2,1-3H3,(H,23,24,25). The molecule has 2 aromatic heterocycles. The molecule has 8 nitrogen and oxygen atoms in total. The lowest BCUT2D eigenvalue weighted by atomic mass is 10.1. The van der Waals surface area contributed by atoms with Crippen molar-refractivity contribution < 1.29 is 9.26 Å². The first kappa shape index (κ1) is 18.2. The first-order valence-corrected chi connectivity index (χ1v) is 9.42. The van der Waals surface area contributed by atoms with Crippen molar-refractivity contribution in [1.82, 2.24) is 20.1 Å². The second-order valence-electron chi connectivity index (χ2n) is 6.98. The summed E-state index contributed by atoms with van der Waals surface area (Å²) in [4.78, 5) is 15.7. The van der Waals surface area contributed by atoms with E-state index in [0.717, 1.165) is 54.6 Å². The lowest BCUT2D eigenvalue weighted by molar-refractivity contribution is 0.414. The molecule has 0 radical (unpaired) electrons. The Hall–Kier alpha value is -3.16. The highest BCUT2D eigenvalue weighted by Crippen LogP contribution is 2.24. The van der Waals surface area contributed by atoms with E-state index >= 15 is 0 Å². The zero-order valence-corrected chi connectivity index (χ0v) is 16.3. The van der Waals surface area contributed by atoms with Gasteiger partial charge in [0.1, 0.15) is 17.4 Å². The van der Waals surface area contributed by atoms with E-state index in [-0.39, 0.29) is 0 Å². The Morgan fingerprint density at radius 3 is 2.68 bits per heavy atom. The molecule has 0 spiro atoms. The zero-order valence-electron chi connectivity index (χ0n) is 16.3. The van der Waals surface area contributed by atoms with Crippen LogP contribution in [0.5, 0.6) is 5.75 Å². The van der Waals surface area contributed by atoms with Crippen molar-refractivity contribution in [1.29, 1.82) is 0 Å². The minimum atomic E-state index is 0.291. The minimum Gasteiger partial charge on any atom is -0.497 e. The van der Waals surface area contributed by atoms with Gasteiger partial charge in [0.15, 0.2) is 0 Å². The van der Waals surface area contributed by atoms with E-state index in [1.807, 2.05) is 44.2 Å². The number of nitrogens with one attached hydrogen (secondary N) is 1. The molecule has 146 valence electrons. The van der Waals surface area contributed by atoms with E-state index < -0.39 is 0 Å². The number of rotatable bonds is 5. The molecule has 8 heteroatoms. The van der Waals surface area contributed by atoms with Crippen molar-refractivity contribution in [2.24, 2.45) is 0 Å². The summed E-state index contributed by atoms with van der Waals surface area (Å²) in [5, 5.41) is 7.44. The van der Waals surface area contributed by atoms with E-state index in [4.69, 9.17) is 9.26 Å². The summed E-state index contributed by atoms with van der Waals surface area (Å²) in [6, 6.07) is 10.4. The van der Waals surface area contributed by atoms with Gasteiger partial charge < -0.3 is 19.5 Å². The predicted molar refractivity (Wildman–Crippen MR) is 107 cm³/mol. The van der Waals surface area contributed by atoms with Crippen LogP contribution < -0.4 is 15.0 Å². The molecule has 1 N–H and O–H groups in total. The summed E-state index contributed by atoms with van der Waals surface area (Å²) < 4.78 is 10.6. The van der Waals surface area contributed by atoms with Crippen molar-refractivity contribution in [2.75, 3.05) is 30.4 Å². The van der Waals surface area contributed by atoms with Crippen LogP contribution in [-0.4, -0.2) is 46.3 Å². The van der Waals surface area contributed by atoms with Crippen molar-refractivity contribution >= 4 is 11.8 Å². The molecule has 1 aliphatic heterocycles. The van der Waals surface area contributed by atoms with E-state index in [1.165, 1.54) is 0 Å². The Bertz CT molecular complexity index is 929. The maximum Gasteiger partial charge on any atom is 0.322 e. The van der Waals surface area contributed by atoms with Gasteiger partial charge in [-0.3, -0.25) is 0 Å². The van der Waals surface area contributed by atoms with Crippen LogP contribution in [-0.2, 0) is 0 Å². The van der Waals surface area contributed by atoms with Gasteiger partial charge in [-0.05, 0) is 38.8 Å². The Morgan fingerprint density at radius 1 is 1.11 bits per heavy atom. The second-order valence-corrected chi connectivity index (χ2v) is 6.98. The fraction of sp³-hybridized carbons (Fsp3) is 0.400. The van der Waals surface area contributed by atoms with E-state index in [0.29, 0.717) is 17.9 Å². The third-order valence-electron chi connectivity index (χ3n) is 4.85. The van der Waals surface area contributed by atoms with E-state index in [9.17, 15) is 0 Å². The molecule has 0 atom stereocenters. The summed E-state index contributed by atoms with van der Waals surface area (Å²) >= 11 is 0. The van der Waals surface area contributed by atoms with Crippen LogP contribution in [0.25, 0.3) is 11.4 Å². The van der Waals surface area contributed by atoms with Gasteiger partial charge in [-0.15, -0.1) is 0 Å². The number of benzene rings is 1. The van der Waals surface area contributed by atoms with Crippen LogP contribution in [0, 0.1) is 13.8 Å². The highest BCUT2D eigenvalue weighted by atomic mass is 16.5. The molecule has 4 rings (SSSR count). The third-order valence-corrected chi connectivity index (χ3v) is 4.85. The average Bonchev–Trinajstić information content (AvgIpc) is 3.16. The van der Waals surface area contributed by atoms with Gasteiger partial charge in [-0.25, -0.2) is 9.97 Å². The first-order valence-electron chi connectivity index (χ1n) is 9.42. The molecule has 3 aromatic rings. The molecule has 0 unspecified atom stereocenters. The first-order chi connectivity index (χ1) is 13.6. The van der Waals surface area contributed by atoms with Gasteiger partial charge in [0.05, 0.1) is 7.11 Å². The average molecular weight is 380 g/mol. The molecule has 3 heterocycles. The van der Waals surface area contributed by atoms with Crippen LogP contribution in [0.15, 0.2) is 34.9 Å². The van der Waals surface area contributed by atoms with Crippen molar-refractivity contribution in [3.05, 3.63) is 41.9 Å². The maximum absolute atomic E-state index is 5.39. The normalized spacial score (nSPS) is 14.9. The Morgan fingerprint density at radius 2 is 1.93 bits per heavy atom. The molecule has 0 saturated carbocycles. The zero-order chi connectivity index (χ0) is 19.5. The van der Waals surface area contributed by atoms with Gasteiger partial charge in [0.25, 0.3) is 0 Å². The molecule has 1 fully saturated rings. The Kier molecular flexibility index (Phi) is 5.10. The second kappa shape index (κ2) is 7.84. The maximum atomic E-state index is 5.39. The van der Waals surface area contributed by atoms with Gasteiger partial charge in [-0.1, -0.05) is 17.3 Å². The lowest BCUT2D eigenvalue weighted by Gasteiger charge is -2.32. The number of methoxy groups -OCH3 is 1. The van der Waals surface area contributed by atoms with Crippen LogP contribution in [0.4, 0.5) is 11.8 Å². The molecule has 0 amide bonds. The molecule has 0 aliphatic carbocycles. The van der Waals surface area contributed by atoms with Gasteiger partial charge in [0, 0.05) is 36.5 Å². The number of aryl methyl sites for hydroxylation is 2. The van der Waals surface area contributed by atoms with Crippen LogP contribution >= 0.6 is 0 Å². The van der Waals surface area contributed by atoms with Gasteiger partial charge in [-0.2, -0.15) is 4.98 Å². The number of piperidine rings is 1. The topological polar surface area (TPSA) is 89.2 Å². The predicted octanol–water partition coefficient (Wildman–Crippen LogP) is 3.23. The number of hydrogen-bond acceptors (Lipinski definition) is 8. The quantitative estimate of drug-likeness (QED) is 0.722. The summed E-state index contributed by atoms with van der Waals surface area (Å²) in [6.45, 7) is 5.77. The molecule has 1 saturated heterocycles. The Labute approximate surface area is 164 Å². The van der Waals surface area contributed by atoms with Crippen LogP contribution in [0.3, 0.4) is 0 Å². The summed E-state index contributed by atoms with van der Waals surface area (Å²) in [5.74, 6) is 3.12. The Balaban J connectivity index is 1.37. The smallest absolute Gasteiger partial charge is 0.322 e. The summed E-state index contributed by atoms with van der Waals surface area (Å²) in [7, 11) is 1.64. The van der Waals surface area contributed by atoms with Crippen molar-refractivity contribution in [2.45, 2.75) is 32.7 Å². The highest BCUT2D eigenvalue weighted by molar-refractivity contribution is 5.58. The SMILES string of the molecule is COc1cccc(-c2noc(NC3CCN(c4cc(C)nc(C)n4)CC3)n2)c1. The number of hydrogen-bond donors (Lipinski definition) is 1. The van der Waals surface area contributed by atoms with Gasteiger partial charge in [0.2, 0.25) is 5.82 Å². The third kappa shape index (κ3) is 4.05. The fourth-order valence-electron chi connectivity index (χ4n) is 3.45. The van der Waals surface area contributed by atoms with Crippen molar-refractivity contribution in [3.8, 4) is 17.1 Å². The lowest BCUT2D eigenvalue weighted by Crippen LogP contribution is -2.39. The van der Waals surface area contributed by atoms with E-state index in [2.05, 4.69) is 30.3 Å². The number of aromatic nitrogens is 4. The van der Waals surface area contributed by atoms with Crippen molar-refractivity contribution in [3.63, 3.8) is 0 Å². The monoisotopic (exact) mass is 380 g/mol. The summed E-state index contributed by atoms with van der Waals surface area (Å²) in [5.41, 5.74) is 1.86. The van der Waals surface area contributed by atoms with Gasteiger partial charge >= 0.3 is 6.01 Å². The number of nitrogens with zero attached hydrogens (tertiary/aromatic N) is 5. The summed E-state index contributed by atoms with van der Waals surface area (Å²) in [6.07, 6.45) is 1.94. The molecule has 1 aliphatic rings. The number of ether oxygens (including phenoxy) is 1. The van der Waals surface area contributed by atoms with E-state index in [1.54, 1.807) is 7.11 Å². The van der Waals surface area contributed by atoms with Crippen LogP contribution in [0.2, 0.25) is 0 Å². The molecular formula is C20H24N6O2. The largest absolute Gasteiger partial charge is 0.497 e. The minimum absolute atomic E-state index is 0.291. The number of anilines is 2. The molecule has 1 aromatic carbocycles. The highest BCUT2D eigenvalue weighted by Gasteiger charge is 2.22. The molecule has 0 bridgehead atoms. The molecule has 28 heavy (non-hydrogen) atoms. The fourth-order valence-corrected chi connectivity index (χ4v) is 3.45.